The summed E-state index contributed by atoms with van der Waals surface area (Å²) in [6.45, 7) is 1.48. The Labute approximate surface area is 164 Å². The molecule has 0 saturated carbocycles. The summed E-state index contributed by atoms with van der Waals surface area (Å²) in [6.07, 6.45) is -1.70. The first-order chi connectivity index (χ1) is 13.3. The topological polar surface area (TPSA) is 93.5 Å². The summed E-state index contributed by atoms with van der Waals surface area (Å²) in [7, 11) is 1.23. The van der Waals surface area contributed by atoms with Crippen LogP contribution in [-0.4, -0.2) is 52.8 Å². The minimum atomic E-state index is -1.01. The van der Waals surface area contributed by atoms with Gasteiger partial charge in [0.2, 0.25) is 5.91 Å². The van der Waals surface area contributed by atoms with E-state index in [-0.39, 0.29) is 25.5 Å². The van der Waals surface area contributed by atoms with Crippen molar-refractivity contribution in [3.8, 4) is 11.3 Å². The van der Waals surface area contributed by atoms with Crippen LogP contribution in [0.15, 0.2) is 29.1 Å². The molecule has 2 aromatic rings. The van der Waals surface area contributed by atoms with Crippen LogP contribution in [0.1, 0.15) is 5.82 Å². The summed E-state index contributed by atoms with van der Waals surface area (Å²) in [4.78, 5) is 42.0. The van der Waals surface area contributed by atoms with E-state index in [4.69, 9.17) is 11.6 Å². The summed E-state index contributed by atoms with van der Waals surface area (Å²) < 4.78 is 18.7. The summed E-state index contributed by atoms with van der Waals surface area (Å²) in [6, 6.07) is 5.99. The van der Waals surface area contributed by atoms with Crippen molar-refractivity contribution < 1.29 is 18.7 Å². The Morgan fingerprint density at radius 1 is 1.36 bits per heavy atom. The van der Waals surface area contributed by atoms with E-state index in [9.17, 15) is 18.8 Å². The molecule has 0 radical (unpaired) electrons. The van der Waals surface area contributed by atoms with Crippen molar-refractivity contribution in [3.63, 3.8) is 0 Å². The molecule has 0 aliphatic carbocycles. The lowest BCUT2D eigenvalue weighted by Gasteiger charge is -2.34. The van der Waals surface area contributed by atoms with Crippen LogP contribution in [0, 0.1) is 6.92 Å². The van der Waals surface area contributed by atoms with Crippen molar-refractivity contribution >= 4 is 29.3 Å². The summed E-state index contributed by atoms with van der Waals surface area (Å²) in [5.74, 6) is -0.0275. The lowest BCUT2D eigenvalue weighted by atomic mass is 10.1. The molecule has 1 saturated heterocycles. The van der Waals surface area contributed by atoms with Crippen molar-refractivity contribution in [2.45, 2.75) is 19.6 Å². The monoisotopic (exact) mass is 408 g/mol. The van der Waals surface area contributed by atoms with Gasteiger partial charge in [0.05, 0.1) is 31.6 Å². The second kappa shape index (κ2) is 7.97. The molecule has 1 aliphatic rings. The van der Waals surface area contributed by atoms with Crippen LogP contribution in [-0.2, 0) is 16.1 Å². The fraction of sp³-hybridized carbons (Fsp3) is 0.333. The number of benzene rings is 1. The maximum atomic E-state index is 12.9. The fourth-order valence-electron chi connectivity index (χ4n) is 2.82. The summed E-state index contributed by atoms with van der Waals surface area (Å²) in [5, 5.41) is 2.91. The molecule has 1 aromatic carbocycles. The van der Waals surface area contributed by atoms with E-state index in [0.29, 0.717) is 27.8 Å². The van der Waals surface area contributed by atoms with Gasteiger partial charge in [0.15, 0.2) is 0 Å². The average molecular weight is 409 g/mol. The second-order valence-corrected chi connectivity index (χ2v) is 6.75. The fourth-order valence-corrected chi connectivity index (χ4v) is 2.99. The van der Waals surface area contributed by atoms with E-state index < -0.39 is 17.8 Å². The number of likely N-dealkylation sites (tertiary alicyclic amines) is 1. The van der Waals surface area contributed by atoms with Gasteiger partial charge in [-0.15, -0.1) is 0 Å². The molecular weight excluding hydrogens is 391 g/mol. The molecule has 3 rings (SSSR count). The van der Waals surface area contributed by atoms with Crippen LogP contribution in [0.4, 0.5) is 14.9 Å². The molecule has 148 valence electrons. The number of hydrogen-bond donors (Lipinski definition) is 1. The van der Waals surface area contributed by atoms with E-state index in [1.54, 1.807) is 19.1 Å². The SMILES string of the molecule is COC(=O)Nc1cc(Cl)ccc1-c1cc(=O)n(CC(=O)N2CC(F)C2)c(C)n1. The van der Waals surface area contributed by atoms with E-state index in [1.807, 2.05) is 0 Å². The highest BCUT2D eigenvalue weighted by molar-refractivity contribution is 6.31. The molecule has 2 amide bonds. The Bertz CT molecular complexity index is 988. The number of nitrogens with zero attached hydrogens (tertiary/aromatic N) is 3. The van der Waals surface area contributed by atoms with Crippen molar-refractivity contribution in [1.82, 2.24) is 14.5 Å². The maximum Gasteiger partial charge on any atom is 0.411 e. The van der Waals surface area contributed by atoms with Gasteiger partial charge in [-0.3, -0.25) is 19.5 Å². The van der Waals surface area contributed by atoms with Gasteiger partial charge in [0, 0.05) is 16.7 Å². The van der Waals surface area contributed by atoms with Gasteiger partial charge in [0.25, 0.3) is 5.56 Å². The number of amides is 2. The number of alkyl halides is 1. The van der Waals surface area contributed by atoms with Crippen LogP contribution < -0.4 is 10.9 Å². The van der Waals surface area contributed by atoms with E-state index in [0.717, 1.165) is 0 Å². The van der Waals surface area contributed by atoms with Crippen LogP contribution in [0.5, 0.6) is 0 Å². The maximum absolute atomic E-state index is 12.9. The molecule has 8 nitrogen and oxygen atoms in total. The Hall–Kier alpha value is -2.94. The number of rotatable bonds is 4. The highest BCUT2D eigenvalue weighted by atomic mass is 35.5. The minimum Gasteiger partial charge on any atom is -0.453 e. The number of anilines is 1. The smallest absolute Gasteiger partial charge is 0.411 e. The molecule has 2 heterocycles. The number of aryl methyl sites for hydroxylation is 1. The molecule has 0 unspecified atom stereocenters. The molecule has 10 heteroatoms. The lowest BCUT2D eigenvalue weighted by Crippen LogP contribution is -2.53. The van der Waals surface area contributed by atoms with Crippen LogP contribution in [0.2, 0.25) is 5.02 Å². The predicted octanol–water partition coefficient (Wildman–Crippen LogP) is 2.23. The lowest BCUT2D eigenvalue weighted by molar-refractivity contribution is -0.139. The first-order valence-corrected chi connectivity index (χ1v) is 8.81. The first-order valence-electron chi connectivity index (χ1n) is 8.43. The highest BCUT2D eigenvalue weighted by Gasteiger charge is 2.30. The highest BCUT2D eigenvalue weighted by Crippen LogP contribution is 2.29. The minimum absolute atomic E-state index is 0.0471. The average Bonchev–Trinajstić information content (AvgIpc) is 2.61. The van der Waals surface area contributed by atoms with Crippen molar-refractivity contribution in [3.05, 3.63) is 45.5 Å². The summed E-state index contributed by atoms with van der Waals surface area (Å²) in [5.41, 5.74) is 0.666. The van der Waals surface area contributed by atoms with Gasteiger partial charge in [-0.25, -0.2) is 14.2 Å². The van der Waals surface area contributed by atoms with Crippen LogP contribution >= 0.6 is 11.6 Å². The zero-order valence-corrected chi connectivity index (χ0v) is 16.0. The van der Waals surface area contributed by atoms with E-state index in [1.165, 1.54) is 28.7 Å². The predicted molar refractivity (Wildman–Crippen MR) is 101 cm³/mol. The van der Waals surface area contributed by atoms with E-state index in [2.05, 4.69) is 15.0 Å². The van der Waals surface area contributed by atoms with Gasteiger partial charge in [-0.2, -0.15) is 0 Å². The molecule has 0 bridgehead atoms. The molecule has 0 atom stereocenters. The van der Waals surface area contributed by atoms with Crippen molar-refractivity contribution in [1.29, 1.82) is 0 Å². The molecule has 28 heavy (non-hydrogen) atoms. The Balaban J connectivity index is 1.91. The molecule has 1 fully saturated rings. The number of nitrogens with one attached hydrogen (secondary N) is 1. The molecular formula is C18H18ClFN4O4. The normalized spacial score (nSPS) is 13.8. The zero-order chi connectivity index (χ0) is 20.4. The second-order valence-electron chi connectivity index (χ2n) is 6.32. The van der Waals surface area contributed by atoms with Gasteiger partial charge >= 0.3 is 6.09 Å². The number of carbonyl (C=O) groups excluding carboxylic acids is 2. The largest absolute Gasteiger partial charge is 0.453 e. The third-order valence-corrected chi connectivity index (χ3v) is 4.60. The van der Waals surface area contributed by atoms with E-state index >= 15 is 0 Å². The van der Waals surface area contributed by atoms with Crippen molar-refractivity contribution in [2.75, 3.05) is 25.5 Å². The quantitative estimate of drug-likeness (QED) is 0.837. The number of carbonyl (C=O) groups is 2. The standard InChI is InChI=1S/C18H18ClFN4O4/c1-10-21-15(13-4-3-11(19)5-14(13)22-18(27)28-2)6-16(25)24(10)9-17(26)23-7-12(20)8-23/h3-6,12H,7-9H2,1-2H3,(H,22,27). The number of halogens is 2. The molecule has 1 N–H and O–H groups in total. The Kier molecular flexibility index (Phi) is 5.64. The Morgan fingerprint density at radius 2 is 2.07 bits per heavy atom. The van der Waals surface area contributed by atoms with Crippen LogP contribution in [0.25, 0.3) is 11.3 Å². The van der Waals surface area contributed by atoms with Crippen molar-refractivity contribution in [2.24, 2.45) is 0 Å². The van der Waals surface area contributed by atoms with Gasteiger partial charge in [-0.05, 0) is 25.1 Å². The summed E-state index contributed by atoms with van der Waals surface area (Å²) >= 11 is 5.99. The van der Waals surface area contributed by atoms with Crippen LogP contribution in [0.3, 0.4) is 0 Å². The first kappa shape index (κ1) is 19.8. The molecule has 1 aliphatic heterocycles. The van der Waals surface area contributed by atoms with Gasteiger partial charge in [-0.1, -0.05) is 11.6 Å². The Morgan fingerprint density at radius 3 is 2.68 bits per heavy atom. The number of aromatic nitrogens is 2. The zero-order valence-electron chi connectivity index (χ0n) is 15.2. The third kappa shape index (κ3) is 4.14. The number of ether oxygens (including phenoxy) is 1. The molecule has 1 aromatic heterocycles. The molecule has 0 spiro atoms. The van der Waals surface area contributed by atoms with Gasteiger partial charge < -0.3 is 9.64 Å². The van der Waals surface area contributed by atoms with Gasteiger partial charge in [0.1, 0.15) is 18.5 Å². The number of hydrogen-bond acceptors (Lipinski definition) is 5. The number of methoxy groups -OCH3 is 1. The third-order valence-electron chi connectivity index (χ3n) is 4.36.